The van der Waals surface area contributed by atoms with E-state index >= 15 is 0 Å². The molecular weight excluding hydrogens is 483 g/mol. The second-order valence-corrected chi connectivity index (χ2v) is 6.78. The van der Waals surface area contributed by atoms with E-state index in [0.29, 0.717) is 19.0 Å². The molecule has 1 aliphatic rings. The molecule has 0 spiro atoms. The molecule has 0 unspecified atom stereocenters. The second-order valence-electron chi connectivity index (χ2n) is 6.78. The Labute approximate surface area is 189 Å². The van der Waals surface area contributed by atoms with Gasteiger partial charge in [0.05, 0.1) is 18.8 Å². The minimum Gasteiger partial charge on any atom is -0.478 e. The highest BCUT2D eigenvalue weighted by atomic mass is 127. The van der Waals surface area contributed by atoms with Gasteiger partial charge in [0.25, 0.3) is 0 Å². The normalized spacial score (nSPS) is 15.1. The van der Waals surface area contributed by atoms with Crippen LogP contribution in [0.5, 0.6) is 5.88 Å². The summed E-state index contributed by atoms with van der Waals surface area (Å²) in [6, 6.07) is 5.86. The van der Waals surface area contributed by atoms with Crippen LogP contribution in [-0.4, -0.2) is 65.2 Å². The van der Waals surface area contributed by atoms with E-state index in [4.69, 9.17) is 14.3 Å². The Morgan fingerprint density at radius 3 is 2.66 bits per heavy atom. The zero-order valence-electron chi connectivity index (χ0n) is 17.2. The highest BCUT2D eigenvalue weighted by Crippen LogP contribution is 2.10. The van der Waals surface area contributed by atoms with Gasteiger partial charge in [-0.25, -0.2) is 9.98 Å². The average Bonchev–Trinajstić information content (AvgIpc) is 3.24. The third kappa shape index (κ3) is 7.46. The summed E-state index contributed by atoms with van der Waals surface area (Å²) in [6.07, 6.45) is 4.44. The van der Waals surface area contributed by atoms with Gasteiger partial charge in [-0.05, 0) is 18.9 Å². The fourth-order valence-corrected chi connectivity index (χ4v) is 3.05. The Morgan fingerprint density at radius 2 is 2.03 bits per heavy atom. The molecule has 2 aromatic rings. The first-order chi connectivity index (χ1) is 13.8. The summed E-state index contributed by atoms with van der Waals surface area (Å²) in [5, 5.41) is 7.41. The molecule has 0 saturated carbocycles. The Balaban J connectivity index is 0.00000300. The smallest absolute Gasteiger partial charge is 0.213 e. The summed E-state index contributed by atoms with van der Waals surface area (Å²) in [5.41, 5.74) is 2.05. The van der Waals surface area contributed by atoms with Crippen molar-refractivity contribution in [2.45, 2.75) is 33.4 Å². The summed E-state index contributed by atoms with van der Waals surface area (Å²) in [4.78, 5) is 13.9. The van der Waals surface area contributed by atoms with E-state index in [2.05, 4.69) is 39.1 Å². The zero-order chi connectivity index (χ0) is 19.6. The monoisotopic (exact) mass is 514 g/mol. The number of nitrogens with zero attached hydrogens (tertiary/aromatic N) is 5. The first kappa shape index (κ1) is 23.4. The van der Waals surface area contributed by atoms with Crippen LogP contribution in [0.25, 0.3) is 0 Å². The molecule has 0 bridgehead atoms. The lowest BCUT2D eigenvalue weighted by Gasteiger charge is -2.36. The lowest BCUT2D eigenvalue weighted by molar-refractivity contribution is 0.169. The Morgan fingerprint density at radius 1 is 1.21 bits per heavy atom. The van der Waals surface area contributed by atoms with E-state index in [1.54, 1.807) is 6.26 Å². The maximum atomic E-state index is 5.53. The molecule has 9 heteroatoms. The highest BCUT2D eigenvalue weighted by molar-refractivity contribution is 14.0. The molecule has 0 atom stereocenters. The van der Waals surface area contributed by atoms with Crippen molar-refractivity contribution in [3.05, 3.63) is 41.9 Å². The van der Waals surface area contributed by atoms with Gasteiger partial charge in [0.15, 0.2) is 5.96 Å². The van der Waals surface area contributed by atoms with E-state index in [-0.39, 0.29) is 24.0 Å². The Kier molecular flexibility index (Phi) is 10.2. The van der Waals surface area contributed by atoms with Crippen molar-refractivity contribution in [1.29, 1.82) is 0 Å². The summed E-state index contributed by atoms with van der Waals surface area (Å²) in [6.45, 7) is 11.0. The van der Waals surface area contributed by atoms with Gasteiger partial charge in [0, 0.05) is 57.6 Å². The van der Waals surface area contributed by atoms with Crippen molar-refractivity contribution >= 4 is 29.9 Å². The predicted octanol–water partition coefficient (Wildman–Crippen LogP) is 2.76. The van der Waals surface area contributed by atoms with E-state index in [1.807, 2.05) is 24.4 Å². The molecular formula is C20H31IN6O2. The summed E-state index contributed by atoms with van der Waals surface area (Å²) in [5.74, 6) is 1.62. The number of halogens is 1. The standard InChI is InChI=1S/C20H30N6O2.HI/c1-3-12-27-19-6-5-17(14-22-19)15-23-20(21-4-2)26-10-8-25(9-11-26)16-18-7-13-28-24-18;/h5-7,13-14H,3-4,8-12,15-16H2,1-2H3,(H,21,23);1H. The van der Waals surface area contributed by atoms with Crippen LogP contribution in [0, 0.1) is 0 Å². The van der Waals surface area contributed by atoms with Crippen molar-refractivity contribution in [1.82, 2.24) is 25.3 Å². The maximum absolute atomic E-state index is 5.53. The summed E-state index contributed by atoms with van der Waals surface area (Å²) in [7, 11) is 0. The number of guanidine groups is 1. The molecule has 0 radical (unpaired) electrons. The third-order valence-electron chi connectivity index (χ3n) is 4.55. The Bertz CT molecular complexity index is 715. The average molecular weight is 514 g/mol. The SMILES string of the molecule is CCCOc1ccc(CN=C(NCC)N2CCN(Cc3ccon3)CC2)cn1.I. The van der Waals surface area contributed by atoms with Gasteiger partial charge in [-0.1, -0.05) is 18.1 Å². The first-order valence-corrected chi connectivity index (χ1v) is 10.0. The minimum atomic E-state index is 0. The van der Waals surface area contributed by atoms with Crippen LogP contribution in [0.3, 0.4) is 0 Å². The fraction of sp³-hybridized carbons (Fsp3) is 0.550. The third-order valence-corrected chi connectivity index (χ3v) is 4.55. The van der Waals surface area contributed by atoms with Crippen LogP contribution in [0.15, 0.2) is 40.2 Å². The molecule has 1 aliphatic heterocycles. The molecule has 160 valence electrons. The number of pyridine rings is 1. The zero-order valence-corrected chi connectivity index (χ0v) is 19.5. The van der Waals surface area contributed by atoms with Gasteiger partial charge in [-0.2, -0.15) is 0 Å². The number of hydrogen-bond acceptors (Lipinski definition) is 6. The van der Waals surface area contributed by atoms with Gasteiger partial charge >= 0.3 is 0 Å². The van der Waals surface area contributed by atoms with Crippen LogP contribution in [0.1, 0.15) is 31.5 Å². The van der Waals surface area contributed by atoms with Gasteiger partial charge in [0.2, 0.25) is 5.88 Å². The number of ether oxygens (including phenoxy) is 1. The van der Waals surface area contributed by atoms with Crippen LogP contribution in [0.2, 0.25) is 0 Å². The van der Waals surface area contributed by atoms with Crippen molar-refractivity contribution in [3.63, 3.8) is 0 Å². The van der Waals surface area contributed by atoms with Crippen molar-refractivity contribution < 1.29 is 9.26 Å². The molecule has 1 N–H and O–H groups in total. The molecule has 3 rings (SSSR count). The summed E-state index contributed by atoms with van der Waals surface area (Å²) < 4.78 is 10.5. The lowest BCUT2D eigenvalue weighted by atomic mass is 10.3. The highest BCUT2D eigenvalue weighted by Gasteiger charge is 2.20. The van der Waals surface area contributed by atoms with E-state index < -0.39 is 0 Å². The molecule has 0 aliphatic carbocycles. The number of piperazine rings is 1. The van der Waals surface area contributed by atoms with E-state index in [9.17, 15) is 0 Å². The number of rotatable bonds is 8. The predicted molar refractivity (Wildman–Crippen MR) is 124 cm³/mol. The quantitative estimate of drug-likeness (QED) is 0.330. The number of hydrogen-bond donors (Lipinski definition) is 1. The number of aromatic nitrogens is 2. The second kappa shape index (κ2) is 12.6. The van der Waals surface area contributed by atoms with Gasteiger partial charge in [-0.15, -0.1) is 24.0 Å². The van der Waals surface area contributed by atoms with E-state index in [1.165, 1.54) is 0 Å². The van der Waals surface area contributed by atoms with Crippen LogP contribution < -0.4 is 10.1 Å². The largest absolute Gasteiger partial charge is 0.478 e. The van der Waals surface area contributed by atoms with Crippen molar-refractivity contribution in [3.8, 4) is 5.88 Å². The number of nitrogens with one attached hydrogen (secondary N) is 1. The number of aliphatic imine (C=N–C) groups is 1. The maximum Gasteiger partial charge on any atom is 0.213 e. The molecule has 0 amide bonds. The molecule has 0 aromatic carbocycles. The molecule has 29 heavy (non-hydrogen) atoms. The van der Waals surface area contributed by atoms with Crippen molar-refractivity contribution in [2.24, 2.45) is 4.99 Å². The molecule has 2 aromatic heterocycles. The van der Waals surface area contributed by atoms with Crippen LogP contribution in [-0.2, 0) is 13.1 Å². The van der Waals surface area contributed by atoms with E-state index in [0.717, 1.165) is 62.9 Å². The van der Waals surface area contributed by atoms with Crippen molar-refractivity contribution in [2.75, 3.05) is 39.3 Å². The first-order valence-electron chi connectivity index (χ1n) is 10.0. The Hall–Kier alpha value is -1.88. The summed E-state index contributed by atoms with van der Waals surface area (Å²) >= 11 is 0. The molecule has 3 heterocycles. The van der Waals surface area contributed by atoms with Gasteiger partial charge in [0.1, 0.15) is 6.26 Å². The molecule has 1 saturated heterocycles. The topological polar surface area (TPSA) is 79.0 Å². The van der Waals surface area contributed by atoms with Crippen LogP contribution >= 0.6 is 24.0 Å². The minimum absolute atomic E-state index is 0. The lowest BCUT2D eigenvalue weighted by Crippen LogP contribution is -2.52. The van der Waals surface area contributed by atoms with Crippen LogP contribution in [0.4, 0.5) is 0 Å². The fourth-order valence-electron chi connectivity index (χ4n) is 3.05. The van der Waals surface area contributed by atoms with Gasteiger partial charge in [-0.3, -0.25) is 4.90 Å². The molecule has 1 fully saturated rings. The van der Waals surface area contributed by atoms with Gasteiger partial charge < -0.3 is 19.5 Å². The molecule has 8 nitrogen and oxygen atoms in total.